The van der Waals surface area contributed by atoms with Gasteiger partial charge in [0.15, 0.2) is 0 Å². The third kappa shape index (κ3) is 3.96. The lowest BCUT2D eigenvalue weighted by Crippen LogP contribution is -2.34. The Hall–Kier alpha value is -2.95. The van der Waals surface area contributed by atoms with E-state index in [-0.39, 0.29) is 6.61 Å². The molecule has 1 aromatic heterocycles. The molecule has 3 aromatic carbocycles. The largest absolute Gasteiger partial charge is 0.396 e. The molecule has 164 valence electrons. The topological polar surface area (TPSA) is 60.9 Å². The SMILES string of the molecule is Cc1cc(-c2ccccc2CCCO)ccc1[C@H]1CNCC[C@@H]1c1cccc2[nH]cnc12. The monoisotopic (exact) mass is 425 g/mol. The number of H-pyrrole nitrogens is 1. The molecule has 32 heavy (non-hydrogen) atoms. The van der Waals surface area contributed by atoms with Crippen molar-refractivity contribution < 1.29 is 5.11 Å². The van der Waals surface area contributed by atoms with E-state index in [0.29, 0.717) is 11.8 Å². The van der Waals surface area contributed by atoms with Crippen LogP contribution in [0, 0.1) is 6.92 Å². The molecule has 1 fully saturated rings. The van der Waals surface area contributed by atoms with Crippen molar-refractivity contribution in [2.45, 2.75) is 38.0 Å². The summed E-state index contributed by atoms with van der Waals surface area (Å²) >= 11 is 0. The number of imidazole rings is 1. The van der Waals surface area contributed by atoms with E-state index in [1.165, 1.54) is 33.4 Å². The first-order valence-corrected chi connectivity index (χ1v) is 11.7. The number of aliphatic hydroxyl groups excluding tert-OH is 1. The fraction of sp³-hybridized carbons (Fsp3) is 0.321. The third-order valence-corrected chi connectivity index (χ3v) is 6.96. The molecule has 1 aliphatic rings. The average Bonchev–Trinajstić information content (AvgIpc) is 3.32. The Balaban J connectivity index is 1.50. The Morgan fingerprint density at radius 3 is 2.78 bits per heavy atom. The highest BCUT2D eigenvalue weighted by Crippen LogP contribution is 2.41. The van der Waals surface area contributed by atoms with E-state index >= 15 is 0 Å². The first kappa shape index (κ1) is 20.9. The second kappa shape index (κ2) is 9.27. The van der Waals surface area contributed by atoms with Gasteiger partial charge in [0.25, 0.3) is 0 Å². The van der Waals surface area contributed by atoms with E-state index in [9.17, 15) is 5.11 Å². The van der Waals surface area contributed by atoms with Crippen molar-refractivity contribution in [3.63, 3.8) is 0 Å². The van der Waals surface area contributed by atoms with Gasteiger partial charge < -0.3 is 15.4 Å². The van der Waals surface area contributed by atoms with Gasteiger partial charge in [-0.05, 0) is 78.1 Å². The smallest absolute Gasteiger partial charge is 0.0931 e. The summed E-state index contributed by atoms with van der Waals surface area (Å²) < 4.78 is 0. The third-order valence-electron chi connectivity index (χ3n) is 6.96. The average molecular weight is 426 g/mol. The Labute approximate surface area is 189 Å². The van der Waals surface area contributed by atoms with Crippen LogP contribution in [-0.2, 0) is 6.42 Å². The second-order valence-electron chi connectivity index (χ2n) is 8.91. The van der Waals surface area contributed by atoms with Crippen molar-refractivity contribution in [2.24, 2.45) is 0 Å². The highest BCUT2D eigenvalue weighted by atomic mass is 16.2. The number of rotatable bonds is 6. The molecule has 1 saturated heterocycles. The van der Waals surface area contributed by atoms with Gasteiger partial charge in [-0.15, -0.1) is 0 Å². The molecule has 0 aliphatic carbocycles. The lowest BCUT2D eigenvalue weighted by atomic mass is 9.75. The fourth-order valence-electron chi connectivity index (χ4n) is 5.39. The molecule has 0 spiro atoms. The van der Waals surface area contributed by atoms with Crippen molar-refractivity contribution in [3.05, 3.63) is 89.2 Å². The van der Waals surface area contributed by atoms with Gasteiger partial charge in [0.1, 0.15) is 0 Å². The molecule has 1 aliphatic heterocycles. The van der Waals surface area contributed by atoms with Crippen molar-refractivity contribution >= 4 is 11.0 Å². The number of nitrogens with zero attached hydrogens (tertiary/aromatic N) is 1. The molecule has 2 atom stereocenters. The summed E-state index contributed by atoms with van der Waals surface area (Å²) in [5, 5.41) is 12.9. The van der Waals surface area contributed by atoms with Gasteiger partial charge in [-0.3, -0.25) is 0 Å². The molecule has 4 heteroatoms. The molecule has 5 rings (SSSR count). The minimum absolute atomic E-state index is 0.227. The Morgan fingerprint density at radius 2 is 1.91 bits per heavy atom. The fourth-order valence-corrected chi connectivity index (χ4v) is 5.39. The number of aliphatic hydroxyl groups is 1. The number of fused-ring (bicyclic) bond motifs is 1. The zero-order valence-corrected chi connectivity index (χ0v) is 18.6. The maximum absolute atomic E-state index is 9.27. The maximum atomic E-state index is 9.27. The van der Waals surface area contributed by atoms with Crippen molar-refractivity contribution in [2.75, 3.05) is 19.7 Å². The minimum atomic E-state index is 0.227. The number of aromatic amines is 1. The highest BCUT2D eigenvalue weighted by molar-refractivity contribution is 5.79. The molecular weight excluding hydrogens is 394 g/mol. The quantitative estimate of drug-likeness (QED) is 0.392. The van der Waals surface area contributed by atoms with Gasteiger partial charge in [-0.1, -0.05) is 54.6 Å². The van der Waals surface area contributed by atoms with Crippen LogP contribution in [0.25, 0.3) is 22.2 Å². The van der Waals surface area contributed by atoms with Gasteiger partial charge in [0.2, 0.25) is 0 Å². The van der Waals surface area contributed by atoms with Gasteiger partial charge in [-0.25, -0.2) is 4.98 Å². The van der Waals surface area contributed by atoms with Crippen LogP contribution in [0.15, 0.2) is 67.0 Å². The van der Waals surface area contributed by atoms with Crippen molar-refractivity contribution in [1.29, 1.82) is 0 Å². The van der Waals surface area contributed by atoms with E-state index in [1.54, 1.807) is 6.33 Å². The number of hydrogen-bond donors (Lipinski definition) is 3. The molecule has 0 amide bonds. The molecule has 0 radical (unpaired) electrons. The van der Waals surface area contributed by atoms with Crippen LogP contribution >= 0.6 is 0 Å². The Morgan fingerprint density at radius 1 is 1.00 bits per heavy atom. The Kier molecular flexibility index (Phi) is 6.06. The van der Waals surface area contributed by atoms with Crippen LogP contribution in [0.2, 0.25) is 0 Å². The number of benzene rings is 3. The lowest BCUT2D eigenvalue weighted by molar-refractivity contribution is 0.288. The zero-order chi connectivity index (χ0) is 21.9. The standard InChI is InChI=1S/C28H31N3O/c1-19-16-21(23-8-3-2-6-20(23)7-5-15-32)11-12-22(19)26-17-29-14-13-24(26)25-9-4-10-27-28(25)31-18-30-27/h2-4,6,8-12,16,18,24,26,29,32H,5,7,13-15,17H2,1H3,(H,30,31)/t24-,26-/m1/s1. The summed E-state index contributed by atoms with van der Waals surface area (Å²) in [6, 6.07) is 22.0. The normalized spacial score (nSPS) is 18.8. The van der Waals surface area contributed by atoms with E-state index in [0.717, 1.165) is 43.4 Å². The van der Waals surface area contributed by atoms with E-state index in [1.807, 2.05) is 0 Å². The van der Waals surface area contributed by atoms with Crippen LogP contribution in [0.4, 0.5) is 0 Å². The van der Waals surface area contributed by atoms with Crippen LogP contribution in [0.1, 0.15) is 46.9 Å². The van der Waals surface area contributed by atoms with Gasteiger partial charge >= 0.3 is 0 Å². The summed E-state index contributed by atoms with van der Waals surface area (Å²) in [5.74, 6) is 0.870. The molecule has 4 nitrogen and oxygen atoms in total. The summed E-state index contributed by atoms with van der Waals surface area (Å²) in [4.78, 5) is 7.91. The molecule has 4 aromatic rings. The number of piperidine rings is 1. The molecule has 0 unspecified atom stereocenters. The Bertz CT molecular complexity index is 1210. The van der Waals surface area contributed by atoms with Gasteiger partial charge in [-0.2, -0.15) is 0 Å². The molecular formula is C28H31N3O. The first-order chi connectivity index (χ1) is 15.8. The van der Waals surface area contributed by atoms with Crippen LogP contribution < -0.4 is 5.32 Å². The predicted octanol–water partition coefficient (Wildman–Crippen LogP) is 5.32. The lowest BCUT2D eigenvalue weighted by Gasteiger charge is -2.34. The maximum Gasteiger partial charge on any atom is 0.0931 e. The summed E-state index contributed by atoms with van der Waals surface area (Å²) in [6.07, 6.45) is 4.61. The second-order valence-corrected chi connectivity index (χ2v) is 8.91. The minimum Gasteiger partial charge on any atom is -0.396 e. The number of para-hydroxylation sites is 1. The van der Waals surface area contributed by atoms with Crippen LogP contribution in [0.3, 0.4) is 0 Å². The highest BCUT2D eigenvalue weighted by Gasteiger charge is 2.30. The summed E-state index contributed by atoms with van der Waals surface area (Å²) in [7, 11) is 0. The summed E-state index contributed by atoms with van der Waals surface area (Å²) in [6.45, 7) is 4.50. The molecule has 2 heterocycles. The molecule has 0 saturated carbocycles. The van der Waals surface area contributed by atoms with Gasteiger partial charge in [0, 0.05) is 19.1 Å². The predicted molar refractivity (Wildman–Crippen MR) is 131 cm³/mol. The molecule has 3 N–H and O–H groups in total. The van der Waals surface area contributed by atoms with Crippen LogP contribution in [0.5, 0.6) is 0 Å². The van der Waals surface area contributed by atoms with Gasteiger partial charge in [0.05, 0.1) is 17.4 Å². The first-order valence-electron chi connectivity index (χ1n) is 11.7. The van der Waals surface area contributed by atoms with Crippen molar-refractivity contribution in [3.8, 4) is 11.1 Å². The van der Waals surface area contributed by atoms with E-state index in [4.69, 9.17) is 0 Å². The summed E-state index contributed by atoms with van der Waals surface area (Å²) in [5.41, 5.74) is 10.2. The van der Waals surface area contributed by atoms with E-state index < -0.39 is 0 Å². The van der Waals surface area contributed by atoms with Crippen LogP contribution in [-0.4, -0.2) is 34.8 Å². The number of hydrogen-bond acceptors (Lipinski definition) is 3. The van der Waals surface area contributed by atoms with E-state index in [2.05, 4.69) is 82.9 Å². The number of aryl methyl sites for hydroxylation is 2. The number of nitrogens with one attached hydrogen (secondary N) is 2. The van der Waals surface area contributed by atoms with Crippen molar-refractivity contribution in [1.82, 2.24) is 15.3 Å². The molecule has 0 bridgehead atoms. The zero-order valence-electron chi connectivity index (χ0n) is 18.6. The number of aromatic nitrogens is 2.